The van der Waals surface area contributed by atoms with Crippen LogP contribution in [0.5, 0.6) is 0 Å². The Morgan fingerprint density at radius 2 is 1.77 bits per heavy atom. The van der Waals surface area contributed by atoms with Crippen LogP contribution in [-0.4, -0.2) is 24.3 Å². The summed E-state index contributed by atoms with van der Waals surface area (Å²) in [6.45, 7) is 0.736. The minimum absolute atomic E-state index is 0.129. The maximum Gasteiger partial charge on any atom is 0.270 e. The van der Waals surface area contributed by atoms with Gasteiger partial charge in [0.15, 0.2) is 0 Å². The number of nitrogens with zero attached hydrogens (tertiary/aromatic N) is 1. The molecule has 26 heavy (non-hydrogen) atoms. The minimum atomic E-state index is -0.395. The molecule has 134 valence electrons. The number of amides is 3. The van der Waals surface area contributed by atoms with Gasteiger partial charge in [0.1, 0.15) is 0 Å². The Hall–Kier alpha value is -2.67. The SMILES string of the molecule is O=C(Cc1ccc(N2CCCC2=O)cc1)NNC(=O)c1ccccc1Br. The number of rotatable bonds is 4. The van der Waals surface area contributed by atoms with Gasteiger partial charge in [0.05, 0.1) is 12.0 Å². The van der Waals surface area contributed by atoms with Crippen LogP contribution in [0.2, 0.25) is 0 Å². The van der Waals surface area contributed by atoms with Gasteiger partial charge in [-0.15, -0.1) is 0 Å². The van der Waals surface area contributed by atoms with E-state index in [4.69, 9.17) is 0 Å². The highest BCUT2D eigenvalue weighted by Gasteiger charge is 2.21. The quantitative estimate of drug-likeness (QED) is 0.753. The largest absolute Gasteiger partial charge is 0.312 e. The van der Waals surface area contributed by atoms with Gasteiger partial charge in [0, 0.05) is 23.1 Å². The average molecular weight is 416 g/mol. The van der Waals surface area contributed by atoms with E-state index >= 15 is 0 Å². The molecule has 1 fully saturated rings. The van der Waals surface area contributed by atoms with Crippen LogP contribution >= 0.6 is 15.9 Å². The third-order valence-electron chi connectivity index (χ3n) is 4.12. The highest BCUT2D eigenvalue weighted by Crippen LogP contribution is 2.21. The molecule has 0 saturated carbocycles. The molecule has 1 heterocycles. The molecule has 1 saturated heterocycles. The first-order chi connectivity index (χ1) is 12.5. The van der Waals surface area contributed by atoms with Crippen molar-refractivity contribution in [3.63, 3.8) is 0 Å². The molecule has 0 aliphatic carbocycles. The lowest BCUT2D eigenvalue weighted by atomic mass is 10.1. The molecule has 1 aliphatic rings. The summed E-state index contributed by atoms with van der Waals surface area (Å²) in [7, 11) is 0. The van der Waals surface area contributed by atoms with Gasteiger partial charge in [-0.3, -0.25) is 25.2 Å². The zero-order chi connectivity index (χ0) is 18.5. The topological polar surface area (TPSA) is 78.5 Å². The second kappa shape index (κ2) is 8.14. The van der Waals surface area contributed by atoms with E-state index in [0.717, 1.165) is 24.2 Å². The fourth-order valence-electron chi connectivity index (χ4n) is 2.78. The van der Waals surface area contributed by atoms with Crippen molar-refractivity contribution in [1.82, 2.24) is 10.9 Å². The van der Waals surface area contributed by atoms with Crippen molar-refractivity contribution in [2.75, 3.05) is 11.4 Å². The van der Waals surface area contributed by atoms with Crippen LogP contribution in [0.1, 0.15) is 28.8 Å². The van der Waals surface area contributed by atoms with Crippen molar-refractivity contribution in [2.24, 2.45) is 0 Å². The molecule has 0 atom stereocenters. The highest BCUT2D eigenvalue weighted by atomic mass is 79.9. The maximum atomic E-state index is 12.1. The number of anilines is 1. The standard InChI is InChI=1S/C19H18BrN3O3/c20-16-5-2-1-4-15(16)19(26)22-21-17(24)12-13-7-9-14(10-8-13)23-11-3-6-18(23)25/h1-2,4-5,7-10H,3,6,11-12H2,(H,21,24)(H,22,26). The summed E-state index contributed by atoms with van der Waals surface area (Å²) < 4.78 is 0.652. The van der Waals surface area contributed by atoms with E-state index < -0.39 is 5.91 Å². The lowest BCUT2D eigenvalue weighted by Crippen LogP contribution is -2.42. The van der Waals surface area contributed by atoms with Crippen LogP contribution in [0.3, 0.4) is 0 Å². The molecule has 0 aromatic heterocycles. The zero-order valence-electron chi connectivity index (χ0n) is 14.0. The second-order valence-corrected chi connectivity index (χ2v) is 6.83. The molecule has 2 aromatic carbocycles. The van der Waals surface area contributed by atoms with E-state index in [1.54, 1.807) is 29.2 Å². The number of carbonyl (C=O) groups is 3. The lowest BCUT2D eigenvalue weighted by molar-refractivity contribution is -0.121. The molecule has 0 spiro atoms. The summed E-state index contributed by atoms with van der Waals surface area (Å²) in [5, 5.41) is 0. The first kappa shape index (κ1) is 18.1. The maximum absolute atomic E-state index is 12.1. The summed E-state index contributed by atoms with van der Waals surface area (Å²) in [4.78, 5) is 37.6. The van der Waals surface area contributed by atoms with Gasteiger partial charge in [0.2, 0.25) is 11.8 Å². The Kier molecular flexibility index (Phi) is 5.68. The van der Waals surface area contributed by atoms with E-state index in [-0.39, 0.29) is 18.2 Å². The number of nitrogens with one attached hydrogen (secondary N) is 2. The second-order valence-electron chi connectivity index (χ2n) is 5.97. The fraction of sp³-hybridized carbons (Fsp3) is 0.211. The van der Waals surface area contributed by atoms with Crippen LogP contribution in [0.4, 0.5) is 5.69 Å². The third kappa shape index (κ3) is 4.29. The van der Waals surface area contributed by atoms with Gasteiger partial charge in [-0.05, 0) is 52.2 Å². The van der Waals surface area contributed by atoms with Crippen molar-refractivity contribution in [3.8, 4) is 0 Å². The smallest absolute Gasteiger partial charge is 0.270 e. The number of hydrogen-bond acceptors (Lipinski definition) is 3. The molecule has 6 nitrogen and oxygen atoms in total. The summed E-state index contributed by atoms with van der Waals surface area (Å²) in [6.07, 6.45) is 1.59. The highest BCUT2D eigenvalue weighted by molar-refractivity contribution is 9.10. The van der Waals surface area contributed by atoms with Crippen LogP contribution in [-0.2, 0) is 16.0 Å². The Morgan fingerprint density at radius 3 is 2.42 bits per heavy atom. The third-order valence-corrected chi connectivity index (χ3v) is 4.81. The fourth-order valence-corrected chi connectivity index (χ4v) is 3.25. The molecule has 0 unspecified atom stereocenters. The van der Waals surface area contributed by atoms with Crippen LogP contribution in [0.25, 0.3) is 0 Å². The van der Waals surface area contributed by atoms with Gasteiger partial charge < -0.3 is 4.90 Å². The van der Waals surface area contributed by atoms with Crippen molar-refractivity contribution in [3.05, 3.63) is 64.1 Å². The normalized spacial score (nSPS) is 13.6. The van der Waals surface area contributed by atoms with Gasteiger partial charge in [-0.1, -0.05) is 24.3 Å². The number of hydrogen-bond donors (Lipinski definition) is 2. The molecular weight excluding hydrogens is 398 g/mol. The summed E-state index contributed by atoms with van der Waals surface area (Å²) >= 11 is 3.30. The van der Waals surface area contributed by atoms with Crippen LogP contribution in [0.15, 0.2) is 53.0 Å². The zero-order valence-corrected chi connectivity index (χ0v) is 15.6. The van der Waals surface area contributed by atoms with Crippen LogP contribution < -0.4 is 15.8 Å². The molecular formula is C19H18BrN3O3. The van der Waals surface area contributed by atoms with Crippen molar-refractivity contribution < 1.29 is 14.4 Å². The lowest BCUT2D eigenvalue weighted by Gasteiger charge is -2.16. The number of halogens is 1. The van der Waals surface area contributed by atoms with E-state index in [2.05, 4.69) is 26.8 Å². The first-order valence-corrected chi connectivity index (χ1v) is 9.07. The molecule has 1 aliphatic heterocycles. The Bertz CT molecular complexity index is 836. The monoisotopic (exact) mass is 415 g/mol. The van der Waals surface area contributed by atoms with Gasteiger partial charge in [0.25, 0.3) is 5.91 Å². The Labute approximate surface area is 159 Å². The van der Waals surface area contributed by atoms with E-state index in [1.165, 1.54) is 0 Å². The first-order valence-electron chi connectivity index (χ1n) is 8.27. The predicted octanol–water partition coefficient (Wildman–Crippen LogP) is 2.58. The Morgan fingerprint density at radius 1 is 1.04 bits per heavy atom. The van der Waals surface area contributed by atoms with Crippen molar-refractivity contribution in [1.29, 1.82) is 0 Å². The van der Waals surface area contributed by atoms with E-state index in [9.17, 15) is 14.4 Å². The van der Waals surface area contributed by atoms with Gasteiger partial charge in [-0.2, -0.15) is 0 Å². The molecule has 3 amide bonds. The van der Waals surface area contributed by atoms with Gasteiger partial charge >= 0.3 is 0 Å². The molecule has 2 N–H and O–H groups in total. The molecule has 7 heteroatoms. The summed E-state index contributed by atoms with van der Waals surface area (Å²) in [6, 6.07) is 14.3. The molecule has 2 aromatic rings. The van der Waals surface area contributed by atoms with E-state index in [1.807, 2.05) is 24.3 Å². The Balaban J connectivity index is 1.52. The van der Waals surface area contributed by atoms with Crippen molar-refractivity contribution in [2.45, 2.75) is 19.3 Å². The van der Waals surface area contributed by atoms with Crippen LogP contribution in [0, 0.1) is 0 Å². The molecule has 0 radical (unpaired) electrons. The number of carbonyl (C=O) groups excluding carboxylic acids is 3. The number of benzene rings is 2. The summed E-state index contributed by atoms with van der Waals surface area (Å²) in [5.41, 5.74) is 6.89. The average Bonchev–Trinajstić information content (AvgIpc) is 3.07. The summed E-state index contributed by atoms with van der Waals surface area (Å²) in [5.74, 6) is -0.589. The minimum Gasteiger partial charge on any atom is -0.312 e. The molecule has 3 rings (SSSR count). The molecule has 0 bridgehead atoms. The van der Waals surface area contributed by atoms with Crippen molar-refractivity contribution >= 4 is 39.3 Å². The van der Waals surface area contributed by atoms with E-state index in [0.29, 0.717) is 16.5 Å². The predicted molar refractivity (Wildman–Crippen MR) is 101 cm³/mol. The number of hydrazine groups is 1. The van der Waals surface area contributed by atoms with Gasteiger partial charge in [-0.25, -0.2) is 0 Å².